The fourth-order valence-corrected chi connectivity index (χ4v) is 1.94. The number of pyridine rings is 1. The fraction of sp³-hybridized carbons (Fsp3) is 0.154. The van der Waals surface area contributed by atoms with Gasteiger partial charge in [-0.3, -0.25) is 9.48 Å². The number of hydrogen-bond donors (Lipinski definition) is 0. The van der Waals surface area contributed by atoms with E-state index in [-0.39, 0.29) is 0 Å². The molecular weight excluding hydrogens is 228 g/mol. The fourth-order valence-electron chi connectivity index (χ4n) is 1.94. The van der Waals surface area contributed by atoms with Crippen LogP contribution >= 0.6 is 0 Å². The molecule has 3 rings (SSSR count). The molecule has 3 aromatic rings. The quantitative estimate of drug-likeness (QED) is 0.642. The predicted octanol–water partition coefficient (Wildman–Crippen LogP) is 1.86. The van der Waals surface area contributed by atoms with E-state index >= 15 is 0 Å². The molecular formula is C13H12N4O. The van der Waals surface area contributed by atoms with Gasteiger partial charge in [0.1, 0.15) is 17.1 Å². The molecule has 0 atom stereocenters. The van der Waals surface area contributed by atoms with E-state index in [1.165, 1.54) is 0 Å². The molecule has 3 aromatic heterocycles. The Labute approximate surface area is 104 Å². The minimum Gasteiger partial charge on any atom is -0.296 e. The molecule has 18 heavy (non-hydrogen) atoms. The number of fused-ring (bicyclic) bond motifs is 1. The molecule has 3 heterocycles. The first kappa shape index (κ1) is 10.7. The van der Waals surface area contributed by atoms with Gasteiger partial charge in [0.15, 0.2) is 6.29 Å². The summed E-state index contributed by atoms with van der Waals surface area (Å²) in [4.78, 5) is 10.9. The van der Waals surface area contributed by atoms with Crippen molar-refractivity contribution < 1.29 is 4.79 Å². The number of aryl methyl sites for hydroxylation is 2. The molecule has 5 nitrogen and oxygen atoms in total. The Balaban J connectivity index is 2.22. The first-order chi connectivity index (χ1) is 8.69. The molecule has 0 amide bonds. The third kappa shape index (κ3) is 1.52. The third-order valence-corrected chi connectivity index (χ3v) is 3.01. The van der Waals surface area contributed by atoms with E-state index in [1.807, 2.05) is 38.2 Å². The van der Waals surface area contributed by atoms with Gasteiger partial charge in [-0.05, 0) is 31.2 Å². The Morgan fingerprint density at radius 3 is 2.61 bits per heavy atom. The highest BCUT2D eigenvalue weighted by molar-refractivity contribution is 5.75. The molecule has 0 aliphatic carbocycles. The van der Waals surface area contributed by atoms with E-state index in [0.717, 1.165) is 28.9 Å². The van der Waals surface area contributed by atoms with E-state index in [9.17, 15) is 4.79 Å². The minimum atomic E-state index is 0.534. The summed E-state index contributed by atoms with van der Waals surface area (Å²) in [7, 11) is 1.89. The number of carbonyl (C=O) groups is 1. The number of carbonyl (C=O) groups excluding carboxylic acids is 1. The second-order valence-electron chi connectivity index (χ2n) is 4.23. The Morgan fingerprint density at radius 1 is 1.17 bits per heavy atom. The topological polar surface area (TPSA) is 52.2 Å². The summed E-state index contributed by atoms with van der Waals surface area (Å²) >= 11 is 0. The van der Waals surface area contributed by atoms with Crippen molar-refractivity contribution in [3.8, 4) is 11.4 Å². The van der Waals surface area contributed by atoms with Gasteiger partial charge in [-0.25, -0.2) is 4.52 Å². The molecule has 90 valence electrons. The van der Waals surface area contributed by atoms with Crippen LogP contribution in [0.4, 0.5) is 0 Å². The van der Waals surface area contributed by atoms with Crippen LogP contribution in [0.3, 0.4) is 0 Å². The lowest BCUT2D eigenvalue weighted by atomic mass is 10.2. The van der Waals surface area contributed by atoms with E-state index in [1.54, 1.807) is 15.3 Å². The van der Waals surface area contributed by atoms with Crippen molar-refractivity contribution in [3.63, 3.8) is 0 Å². The summed E-state index contributed by atoms with van der Waals surface area (Å²) in [5.74, 6) is 0. The molecule has 0 aliphatic heterocycles. The molecule has 0 saturated carbocycles. The highest BCUT2D eigenvalue weighted by atomic mass is 16.1. The largest absolute Gasteiger partial charge is 0.296 e. The van der Waals surface area contributed by atoms with Crippen molar-refractivity contribution in [3.05, 3.63) is 41.7 Å². The molecule has 0 aliphatic rings. The van der Waals surface area contributed by atoms with Gasteiger partial charge in [0.05, 0.1) is 5.52 Å². The van der Waals surface area contributed by atoms with Gasteiger partial charge in [0.2, 0.25) is 0 Å². The van der Waals surface area contributed by atoms with Crippen molar-refractivity contribution >= 4 is 11.8 Å². The highest BCUT2D eigenvalue weighted by Crippen LogP contribution is 2.19. The summed E-state index contributed by atoms with van der Waals surface area (Å²) < 4.78 is 3.44. The van der Waals surface area contributed by atoms with E-state index in [2.05, 4.69) is 10.2 Å². The van der Waals surface area contributed by atoms with Crippen molar-refractivity contribution in [1.29, 1.82) is 0 Å². The number of hydrogen-bond acceptors (Lipinski definition) is 3. The van der Waals surface area contributed by atoms with Gasteiger partial charge in [-0.1, -0.05) is 6.07 Å². The number of aromatic nitrogens is 4. The van der Waals surface area contributed by atoms with Crippen LogP contribution in [0.1, 0.15) is 16.2 Å². The average Bonchev–Trinajstić information content (AvgIpc) is 2.93. The average molecular weight is 240 g/mol. The van der Waals surface area contributed by atoms with Gasteiger partial charge >= 0.3 is 0 Å². The number of nitrogens with zero attached hydrogens (tertiary/aromatic N) is 4. The maximum Gasteiger partial charge on any atom is 0.168 e. The molecule has 0 radical (unpaired) electrons. The first-order valence-corrected chi connectivity index (χ1v) is 5.64. The van der Waals surface area contributed by atoms with Gasteiger partial charge < -0.3 is 0 Å². The summed E-state index contributed by atoms with van der Waals surface area (Å²) in [5.41, 5.74) is 4.07. The van der Waals surface area contributed by atoms with Crippen LogP contribution < -0.4 is 0 Å². The van der Waals surface area contributed by atoms with Crippen LogP contribution in [0.25, 0.3) is 16.9 Å². The van der Waals surface area contributed by atoms with Crippen molar-refractivity contribution in [2.45, 2.75) is 6.92 Å². The predicted molar refractivity (Wildman–Crippen MR) is 67.5 cm³/mol. The minimum absolute atomic E-state index is 0.534. The Kier molecular flexibility index (Phi) is 2.26. The van der Waals surface area contributed by atoms with Gasteiger partial charge in [0.25, 0.3) is 0 Å². The zero-order chi connectivity index (χ0) is 12.7. The summed E-state index contributed by atoms with van der Waals surface area (Å²) in [6, 6.07) is 9.39. The molecule has 0 aromatic carbocycles. The Bertz CT molecular complexity index is 719. The lowest BCUT2D eigenvalue weighted by molar-refractivity contribution is 0.111. The van der Waals surface area contributed by atoms with E-state index in [4.69, 9.17) is 0 Å². The smallest absolute Gasteiger partial charge is 0.168 e. The summed E-state index contributed by atoms with van der Waals surface area (Å²) in [5, 5.41) is 8.80. The molecule has 5 heteroatoms. The monoisotopic (exact) mass is 240 g/mol. The number of aldehydes is 1. The van der Waals surface area contributed by atoms with Crippen molar-refractivity contribution in [2.24, 2.45) is 7.05 Å². The molecule has 0 fully saturated rings. The summed E-state index contributed by atoms with van der Waals surface area (Å²) in [6.45, 7) is 1.99. The van der Waals surface area contributed by atoms with E-state index in [0.29, 0.717) is 5.69 Å². The first-order valence-electron chi connectivity index (χ1n) is 5.64. The van der Waals surface area contributed by atoms with Crippen molar-refractivity contribution in [1.82, 2.24) is 19.4 Å². The lowest BCUT2D eigenvalue weighted by Gasteiger charge is -1.94. The Hall–Kier alpha value is -2.43. The second-order valence-corrected chi connectivity index (χ2v) is 4.23. The van der Waals surface area contributed by atoms with Gasteiger partial charge in [-0.15, -0.1) is 0 Å². The van der Waals surface area contributed by atoms with Crippen LogP contribution in [0.15, 0.2) is 30.3 Å². The maximum atomic E-state index is 10.9. The van der Waals surface area contributed by atoms with Gasteiger partial charge in [-0.2, -0.15) is 10.2 Å². The number of rotatable bonds is 2. The van der Waals surface area contributed by atoms with Crippen LogP contribution in [0.5, 0.6) is 0 Å². The SMILES string of the molecule is Cc1cc(-c2cc3cccc(C=O)n3n2)nn1C. The Morgan fingerprint density at radius 2 is 1.94 bits per heavy atom. The zero-order valence-electron chi connectivity index (χ0n) is 10.2. The zero-order valence-corrected chi connectivity index (χ0v) is 10.2. The second kappa shape index (κ2) is 3.80. The standard InChI is InChI=1S/C13H12N4O/c1-9-6-12(14-16(9)2)13-7-10-4-3-5-11(8-18)17(10)15-13/h3-8H,1-2H3. The van der Waals surface area contributed by atoms with Crippen LogP contribution in [-0.2, 0) is 7.05 Å². The van der Waals surface area contributed by atoms with E-state index < -0.39 is 0 Å². The van der Waals surface area contributed by atoms with Crippen molar-refractivity contribution in [2.75, 3.05) is 0 Å². The third-order valence-electron chi connectivity index (χ3n) is 3.01. The normalized spacial score (nSPS) is 11.0. The van der Waals surface area contributed by atoms with Crippen LogP contribution in [-0.4, -0.2) is 25.7 Å². The molecule has 0 N–H and O–H groups in total. The highest BCUT2D eigenvalue weighted by Gasteiger charge is 2.10. The lowest BCUT2D eigenvalue weighted by Crippen LogP contribution is -1.96. The van der Waals surface area contributed by atoms with Crippen LogP contribution in [0, 0.1) is 6.92 Å². The maximum absolute atomic E-state index is 10.9. The van der Waals surface area contributed by atoms with Gasteiger partial charge in [0, 0.05) is 12.7 Å². The molecule has 0 unspecified atom stereocenters. The molecule has 0 saturated heterocycles. The van der Waals surface area contributed by atoms with Crippen LogP contribution in [0.2, 0.25) is 0 Å². The molecule has 0 spiro atoms. The summed E-state index contributed by atoms with van der Waals surface area (Å²) in [6.07, 6.45) is 0.799. The molecule has 0 bridgehead atoms.